The van der Waals surface area contributed by atoms with Crippen molar-refractivity contribution in [2.45, 2.75) is 10.6 Å². The summed E-state index contributed by atoms with van der Waals surface area (Å²) in [7, 11) is 1.63. The average Bonchev–Trinajstić information content (AvgIpc) is 3.09. The predicted octanol–water partition coefficient (Wildman–Crippen LogP) is 3.95. The highest BCUT2D eigenvalue weighted by Crippen LogP contribution is 2.26. The number of hydrogen-bond donors (Lipinski definition) is 0. The summed E-state index contributed by atoms with van der Waals surface area (Å²) in [5.74, 6) is 2.17. The summed E-state index contributed by atoms with van der Waals surface area (Å²) in [6.07, 6.45) is 0. The zero-order chi connectivity index (χ0) is 16.9. The normalized spacial score (nSPS) is 10.5. The number of benzene rings is 2. The van der Waals surface area contributed by atoms with Crippen molar-refractivity contribution in [2.24, 2.45) is 0 Å². The number of nitrogens with zero attached hydrogens (tertiary/aromatic N) is 3. The summed E-state index contributed by atoms with van der Waals surface area (Å²) in [5.41, 5.74) is 0.669. The standard InChI is InChI=1S/C16H13N3O4S/c1-22-13-6-8-14(9-7-13)24-10-15-17-18-16(23-15)11-2-4-12(5-3-11)19(20)21/h2-9H,10H2,1H3. The van der Waals surface area contributed by atoms with E-state index in [2.05, 4.69) is 10.2 Å². The Hall–Kier alpha value is -2.87. The van der Waals surface area contributed by atoms with Gasteiger partial charge < -0.3 is 9.15 Å². The smallest absolute Gasteiger partial charge is 0.269 e. The molecule has 0 aliphatic heterocycles. The van der Waals surface area contributed by atoms with Crippen molar-refractivity contribution in [1.29, 1.82) is 0 Å². The lowest BCUT2D eigenvalue weighted by molar-refractivity contribution is -0.384. The van der Waals surface area contributed by atoms with Crippen LogP contribution in [-0.2, 0) is 5.75 Å². The van der Waals surface area contributed by atoms with Gasteiger partial charge in [0.15, 0.2) is 0 Å². The van der Waals surface area contributed by atoms with Crippen LogP contribution in [0.4, 0.5) is 5.69 Å². The summed E-state index contributed by atoms with van der Waals surface area (Å²) < 4.78 is 10.7. The Kier molecular flexibility index (Phi) is 4.76. The second-order valence-corrected chi connectivity index (χ2v) is 5.82. The maximum Gasteiger partial charge on any atom is 0.269 e. The van der Waals surface area contributed by atoms with Gasteiger partial charge in [-0.05, 0) is 36.4 Å². The molecule has 0 N–H and O–H groups in total. The van der Waals surface area contributed by atoms with E-state index in [1.165, 1.54) is 12.1 Å². The van der Waals surface area contributed by atoms with Gasteiger partial charge in [-0.1, -0.05) is 0 Å². The monoisotopic (exact) mass is 343 g/mol. The van der Waals surface area contributed by atoms with E-state index in [0.717, 1.165) is 10.6 Å². The number of ether oxygens (including phenoxy) is 1. The van der Waals surface area contributed by atoms with E-state index in [9.17, 15) is 10.1 Å². The van der Waals surface area contributed by atoms with Crippen LogP contribution in [-0.4, -0.2) is 22.2 Å². The van der Waals surface area contributed by atoms with Gasteiger partial charge in [-0.25, -0.2) is 0 Å². The van der Waals surface area contributed by atoms with Crippen molar-refractivity contribution in [3.63, 3.8) is 0 Å². The van der Waals surface area contributed by atoms with Crippen LogP contribution < -0.4 is 4.74 Å². The zero-order valence-corrected chi connectivity index (χ0v) is 13.5. The third-order valence-electron chi connectivity index (χ3n) is 3.21. The predicted molar refractivity (Wildman–Crippen MR) is 88.9 cm³/mol. The maximum atomic E-state index is 10.7. The molecule has 0 atom stereocenters. The SMILES string of the molecule is COc1ccc(SCc2nnc(-c3ccc([N+](=O)[O-])cc3)o2)cc1. The van der Waals surface area contributed by atoms with E-state index in [0.29, 0.717) is 23.1 Å². The Morgan fingerprint density at radius 2 is 1.83 bits per heavy atom. The van der Waals surface area contributed by atoms with Gasteiger partial charge in [-0.2, -0.15) is 0 Å². The van der Waals surface area contributed by atoms with E-state index >= 15 is 0 Å². The Balaban J connectivity index is 1.65. The summed E-state index contributed by atoms with van der Waals surface area (Å²) in [4.78, 5) is 11.3. The summed E-state index contributed by atoms with van der Waals surface area (Å²) >= 11 is 1.57. The number of methoxy groups -OCH3 is 1. The average molecular weight is 343 g/mol. The fourth-order valence-electron chi connectivity index (χ4n) is 1.97. The Morgan fingerprint density at radius 3 is 2.46 bits per heavy atom. The van der Waals surface area contributed by atoms with Crippen LogP contribution in [0.1, 0.15) is 5.89 Å². The van der Waals surface area contributed by atoms with E-state index < -0.39 is 4.92 Å². The molecular weight excluding hydrogens is 330 g/mol. The van der Waals surface area contributed by atoms with Gasteiger partial charge in [0.25, 0.3) is 5.69 Å². The summed E-state index contributed by atoms with van der Waals surface area (Å²) in [6, 6.07) is 13.7. The first-order valence-corrected chi connectivity index (χ1v) is 7.98. The molecule has 24 heavy (non-hydrogen) atoms. The Labute approximate surface area is 141 Å². The largest absolute Gasteiger partial charge is 0.497 e. The molecule has 0 fully saturated rings. The van der Waals surface area contributed by atoms with Crippen LogP contribution in [0, 0.1) is 10.1 Å². The van der Waals surface area contributed by atoms with Crippen LogP contribution in [0.25, 0.3) is 11.5 Å². The molecule has 0 spiro atoms. The topological polar surface area (TPSA) is 91.3 Å². The molecule has 0 bridgehead atoms. The number of non-ortho nitro benzene ring substituents is 1. The highest BCUT2D eigenvalue weighted by Gasteiger charge is 2.11. The molecule has 1 aromatic heterocycles. The molecule has 1 heterocycles. The third kappa shape index (κ3) is 3.72. The molecule has 0 saturated heterocycles. The fourth-order valence-corrected chi connectivity index (χ4v) is 2.71. The van der Waals surface area contributed by atoms with Crippen molar-refractivity contribution < 1.29 is 14.1 Å². The number of rotatable bonds is 6. The van der Waals surface area contributed by atoms with Crippen LogP contribution >= 0.6 is 11.8 Å². The fraction of sp³-hybridized carbons (Fsp3) is 0.125. The van der Waals surface area contributed by atoms with Crippen molar-refractivity contribution in [2.75, 3.05) is 7.11 Å². The minimum Gasteiger partial charge on any atom is -0.497 e. The quantitative estimate of drug-likeness (QED) is 0.380. The molecule has 3 aromatic rings. The van der Waals surface area contributed by atoms with Gasteiger partial charge in [0.05, 0.1) is 17.8 Å². The number of hydrogen-bond acceptors (Lipinski definition) is 7. The Morgan fingerprint density at radius 1 is 1.12 bits per heavy atom. The molecule has 7 nitrogen and oxygen atoms in total. The molecule has 0 aliphatic rings. The maximum absolute atomic E-state index is 10.7. The Bertz CT molecular complexity index is 831. The number of nitro benzene ring substituents is 1. The van der Waals surface area contributed by atoms with Crippen LogP contribution in [0.3, 0.4) is 0 Å². The molecular formula is C16H13N3O4S. The van der Waals surface area contributed by atoms with Gasteiger partial charge >= 0.3 is 0 Å². The van der Waals surface area contributed by atoms with Crippen LogP contribution in [0.5, 0.6) is 5.75 Å². The van der Waals surface area contributed by atoms with Gasteiger partial charge in [-0.15, -0.1) is 22.0 Å². The van der Waals surface area contributed by atoms with E-state index in [4.69, 9.17) is 9.15 Å². The van der Waals surface area contributed by atoms with Gasteiger partial charge in [-0.3, -0.25) is 10.1 Å². The molecule has 0 saturated carbocycles. The van der Waals surface area contributed by atoms with E-state index in [-0.39, 0.29) is 5.69 Å². The second kappa shape index (κ2) is 7.14. The molecule has 2 aromatic carbocycles. The van der Waals surface area contributed by atoms with Crippen molar-refractivity contribution in [3.05, 3.63) is 64.5 Å². The zero-order valence-electron chi connectivity index (χ0n) is 12.7. The third-order valence-corrected chi connectivity index (χ3v) is 4.21. The lowest BCUT2D eigenvalue weighted by Crippen LogP contribution is -1.87. The minimum atomic E-state index is -0.450. The highest BCUT2D eigenvalue weighted by molar-refractivity contribution is 7.98. The van der Waals surface area contributed by atoms with Gasteiger partial charge in [0, 0.05) is 22.6 Å². The minimum absolute atomic E-state index is 0.0218. The molecule has 0 radical (unpaired) electrons. The first kappa shape index (κ1) is 16.0. The second-order valence-electron chi connectivity index (χ2n) is 4.77. The first-order valence-electron chi connectivity index (χ1n) is 7.00. The molecule has 0 amide bonds. The van der Waals surface area contributed by atoms with Gasteiger partial charge in [0.2, 0.25) is 11.8 Å². The lowest BCUT2D eigenvalue weighted by atomic mass is 10.2. The van der Waals surface area contributed by atoms with Crippen molar-refractivity contribution >= 4 is 17.4 Å². The number of thioether (sulfide) groups is 1. The van der Waals surface area contributed by atoms with Crippen molar-refractivity contribution in [3.8, 4) is 17.2 Å². The summed E-state index contributed by atoms with van der Waals surface area (Å²) in [6.45, 7) is 0. The number of aromatic nitrogens is 2. The van der Waals surface area contributed by atoms with Crippen LogP contribution in [0.2, 0.25) is 0 Å². The van der Waals surface area contributed by atoms with E-state index in [1.54, 1.807) is 31.0 Å². The molecule has 0 unspecified atom stereocenters. The lowest BCUT2D eigenvalue weighted by Gasteiger charge is -2.01. The first-order chi connectivity index (χ1) is 11.7. The summed E-state index contributed by atoms with van der Waals surface area (Å²) in [5, 5.41) is 18.6. The number of nitro groups is 1. The molecule has 8 heteroatoms. The molecule has 122 valence electrons. The van der Waals surface area contributed by atoms with Gasteiger partial charge in [0.1, 0.15) is 5.75 Å². The molecule has 3 rings (SSSR count). The van der Waals surface area contributed by atoms with Crippen LogP contribution in [0.15, 0.2) is 57.8 Å². The van der Waals surface area contributed by atoms with Crippen molar-refractivity contribution in [1.82, 2.24) is 10.2 Å². The van der Waals surface area contributed by atoms with E-state index in [1.807, 2.05) is 24.3 Å². The highest BCUT2D eigenvalue weighted by atomic mass is 32.2. The molecule has 0 aliphatic carbocycles.